The Labute approximate surface area is 148 Å². The van der Waals surface area contributed by atoms with Gasteiger partial charge >= 0.3 is 0 Å². The Morgan fingerprint density at radius 3 is 2.40 bits per heavy atom. The maximum Gasteiger partial charge on any atom is 0.253 e. The molecule has 1 amide bonds. The van der Waals surface area contributed by atoms with Crippen LogP contribution >= 0.6 is 0 Å². The summed E-state index contributed by atoms with van der Waals surface area (Å²) in [5, 5.41) is 3.92. The topological polar surface area (TPSA) is 55.6 Å². The zero-order valence-electron chi connectivity index (χ0n) is 15.4. The molecule has 0 saturated carbocycles. The number of rotatable bonds is 4. The maximum absolute atomic E-state index is 12.7. The summed E-state index contributed by atoms with van der Waals surface area (Å²) in [6.45, 7) is 10.3. The van der Waals surface area contributed by atoms with Crippen molar-refractivity contribution in [3.8, 4) is 5.75 Å². The first-order valence-electron chi connectivity index (χ1n) is 8.88. The SMILES string of the molecule is Cc1noc(C)c1COc1ccc(C(=O)N2C[C@H](C)C[C@H](C)C2)cc1. The Balaban J connectivity index is 1.63. The summed E-state index contributed by atoms with van der Waals surface area (Å²) in [6.07, 6.45) is 1.19. The van der Waals surface area contributed by atoms with Crippen molar-refractivity contribution in [2.24, 2.45) is 11.8 Å². The minimum absolute atomic E-state index is 0.107. The molecule has 0 aliphatic carbocycles. The van der Waals surface area contributed by atoms with Gasteiger partial charge in [-0.25, -0.2) is 0 Å². The second-order valence-corrected chi connectivity index (χ2v) is 7.27. The monoisotopic (exact) mass is 342 g/mol. The van der Waals surface area contributed by atoms with Gasteiger partial charge in [0.2, 0.25) is 0 Å². The highest BCUT2D eigenvalue weighted by molar-refractivity contribution is 5.94. The smallest absolute Gasteiger partial charge is 0.253 e. The van der Waals surface area contributed by atoms with Crippen LogP contribution in [0.3, 0.4) is 0 Å². The number of benzene rings is 1. The van der Waals surface area contributed by atoms with E-state index in [-0.39, 0.29) is 5.91 Å². The molecule has 2 aromatic rings. The molecule has 0 unspecified atom stereocenters. The number of nitrogens with zero attached hydrogens (tertiary/aromatic N) is 2. The van der Waals surface area contributed by atoms with Crippen molar-refractivity contribution in [3.05, 3.63) is 46.8 Å². The third kappa shape index (κ3) is 4.03. The number of carbonyl (C=O) groups excluding carboxylic acids is 1. The number of likely N-dealkylation sites (tertiary alicyclic amines) is 1. The van der Waals surface area contributed by atoms with E-state index in [1.54, 1.807) is 0 Å². The lowest BCUT2D eigenvalue weighted by Gasteiger charge is -2.35. The van der Waals surface area contributed by atoms with Gasteiger partial charge in [-0.3, -0.25) is 4.79 Å². The van der Waals surface area contributed by atoms with Crippen LogP contribution < -0.4 is 4.74 Å². The van der Waals surface area contributed by atoms with E-state index < -0.39 is 0 Å². The van der Waals surface area contributed by atoms with Gasteiger partial charge in [-0.1, -0.05) is 19.0 Å². The van der Waals surface area contributed by atoms with Crippen LogP contribution in [0.15, 0.2) is 28.8 Å². The normalized spacial score (nSPS) is 20.6. The van der Waals surface area contributed by atoms with E-state index in [0.29, 0.717) is 24.0 Å². The van der Waals surface area contributed by atoms with Crippen LogP contribution in [0.25, 0.3) is 0 Å². The molecule has 0 bridgehead atoms. The van der Waals surface area contributed by atoms with Crippen molar-refractivity contribution < 1.29 is 14.1 Å². The molecule has 1 fully saturated rings. The van der Waals surface area contributed by atoms with Gasteiger partial charge in [0.1, 0.15) is 18.1 Å². The minimum atomic E-state index is 0.107. The van der Waals surface area contributed by atoms with Crippen LogP contribution in [0.2, 0.25) is 0 Å². The molecule has 0 spiro atoms. The highest BCUT2D eigenvalue weighted by Crippen LogP contribution is 2.23. The largest absolute Gasteiger partial charge is 0.489 e. The van der Waals surface area contributed by atoms with E-state index >= 15 is 0 Å². The maximum atomic E-state index is 12.7. The molecule has 2 atom stereocenters. The van der Waals surface area contributed by atoms with Crippen LogP contribution in [0.5, 0.6) is 5.75 Å². The molecule has 3 rings (SSSR count). The fourth-order valence-corrected chi connectivity index (χ4v) is 3.57. The molecule has 1 saturated heterocycles. The molecule has 1 aliphatic heterocycles. The van der Waals surface area contributed by atoms with Crippen molar-refractivity contribution >= 4 is 5.91 Å². The number of piperidine rings is 1. The standard InChI is InChI=1S/C20H26N2O3/c1-13-9-14(2)11-22(10-13)20(23)17-5-7-18(8-6-17)24-12-19-15(3)21-25-16(19)4/h5-8,13-14H,9-12H2,1-4H3/t13-,14+. The summed E-state index contributed by atoms with van der Waals surface area (Å²) in [7, 11) is 0. The molecule has 1 aliphatic rings. The Morgan fingerprint density at radius 2 is 1.84 bits per heavy atom. The zero-order valence-corrected chi connectivity index (χ0v) is 15.4. The summed E-state index contributed by atoms with van der Waals surface area (Å²) in [5.41, 5.74) is 2.53. The highest BCUT2D eigenvalue weighted by Gasteiger charge is 2.26. The number of carbonyl (C=O) groups is 1. The number of aromatic nitrogens is 1. The molecule has 5 heteroatoms. The van der Waals surface area contributed by atoms with Gasteiger partial charge in [-0.15, -0.1) is 0 Å². The molecule has 25 heavy (non-hydrogen) atoms. The number of hydrogen-bond donors (Lipinski definition) is 0. The van der Waals surface area contributed by atoms with Crippen molar-refractivity contribution in [2.75, 3.05) is 13.1 Å². The number of amides is 1. The van der Waals surface area contributed by atoms with E-state index in [1.807, 2.05) is 43.0 Å². The fraction of sp³-hybridized carbons (Fsp3) is 0.500. The van der Waals surface area contributed by atoms with Gasteiger partial charge in [-0.2, -0.15) is 0 Å². The third-order valence-corrected chi connectivity index (χ3v) is 4.82. The van der Waals surface area contributed by atoms with Crippen molar-refractivity contribution in [1.82, 2.24) is 10.1 Å². The second kappa shape index (κ2) is 7.30. The minimum Gasteiger partial charge on any atom is -0.489 e. The van der Waals surface area contributed by atoms with Crippen LogP contribution in [0.1, 0.15) is 47.6 Å². The molecule has 1 aromatic heterocycles. The Bertz CT molecular complexity index is 706. The van der Waals surface area contributed by atoms with Crippen LogP contribution in [0.4, 0.5) is 0 Å². The third-order valence-electron chi connectivity index (χ3n) is 4.82. The molecule has 2 heterocycles. The van der Waals surface area contributed by atoms with Crippen LogP contribution in [-0.4, -0.2) is 29.1 Å². The van der Waals surface area contributed by atoms with Gasteiger partial charge < -0.3 is 14.2 Å². The zero-order chi connectivity index (χ0) is 18.0. The number of aryl methyl sites for hydroxylation is 2. The molecule has 5 nitrogen and oxygen atoms in total. The van der Waals surface area contributed by atoms with E-state index in [9.17, 15) is 4.79 Å². The number of ether oxygens (including phenoxy) is 1. The Hall–Kier alpha value is -2.30. The first-order chi connectivity index (χ1) is 11.9. The van der Waals surface area contributed by atoms with Crippen molar-refractivity contribution in [2.45, 2.75) is 40.7 Å². The summed E-state index contributed by atoms with van der Waals surface area (Å²) in [4.78, 5) is 14.7. The second-order valence-electron chi connectivity index (χ2n) is 7.27. The lowest BCUT2D eigenvalue weighted by atomic mass is 9.91. The molecule has 0 N–H and O–H groups in total. The molecular weight excluding hydrogens is 316 g/mol. The van der Waals surface area contributed by atoms with E-state index in [1.165, 1.54) is 6.42 Å². The summed E-state index contributed by atoms with van der Waals surface area (Å²) in [5.74, 6) is 2.74. The van der Waals surface area contributed by atoms with E-state index in [2.05, 4.69) is 19.0 Å². The summed E-state index contributed by atoms with van der Waals surface area (Å²) >= 11 is 0. The number of hydrogen-bond acceptors (Lipinski definition) is 4. The van der Waals surface area contributed by atoms with E-state index in [0.717, 1.165) is 35.9 Å². The molecule has 1 aromatic carbocycles. The van der Waals surface area contributed by atoms with Gasteiger partial charge in [0.25, 0.3) is 5.91 Å². The Kier molecular flexibility index (Phi) is 5.11. The predicted octanol–water partition coefficient (Wildman–Crippen LogP) is 3.99. The lowest BCUT2D eigenvalue weighted by molar-refractivity contribution is 0.0623. The van der Waals surface area contributed by atoms with Gasteiger partial charge in [-0.05, 0) is 56.4 Å². The molecule has 0 radical (unpaired) electrons. The molecular formula is C20H26N2O3. The van der Waals surface area contributed by atoms with Gasteiger partial charge in [0.05, 0.1) is 11.3 Å². The quantitative estimate of drug-likeness (QED) is 0.843. The van der Waals surface area contributed by atoms with Crippen LogP contribution in [-0.2, 0) is 6.61 Å². The van der Waals surface area contributed by atoms with Crippen molar-refractivity contribution in [1.29, 1.82) is 0 Å². The molecule has 134 valence electrons. The predicted molar refractivity (Wildman–Crippen MR) is 95.6 cm³/mol. The average molecular weight is 342 g/mol. The van der Waals surface area contributed by atoms with Crippen molar-refractivity contribution in [3.63, 3.8) is 0 Å². The summed E-state index contributed by atoms with van der Waals surface area (Å²) < 4.78 is 10.9. The van der Waals surface area contributed by atoms with Gasteiger partial charge in [0.15, 0.2) is 0 Å². The summed E-state index contributed by atoms with van der Waals surface area (Å²) in [6, 6.07) is 7.38. The van der Waals surface area contributed by atoms with Crippen LogP contribution in [0, 0.1) is 25.7 Å². The fourth-order valence-electron chi connectivity index (χ4n) is 3.57. The Morgan fingerprint density at radius 1 is 1.20 bits per heavy atom. The van der Waals surface area contributed by atoms with Gasteiger partial charge in [0, 0.05) is 18.7 Å². The first-order valence-corrected chi connectivity index (χ1v) is 8.88. The lowest BCUT2D eigenvalue weighted by Crippen LogP contribution is -2.42. The first kappa shape index (κ1) is 17.5. The van der Waals surface area contributed by atoms with E-state index in [4.69, 9.17) is 9.26 Å². The average Bonchev–Trinajstić information content (AvgIpc) is 2.90. The highest BCUT2D eigenvalue weighted by atomic mass is 16.5.